The maximum atomic E-state index is 11.1. The highest BCUT2D eigenvalue weighted by molar-refractivity contribution is 5.69. The fraction of sp³-hybridized carbons (Fsp3) is 0.375. The van der Waals surface area contributed by atoms with Crippen molar-refractivity contribution in [3.8, 4) is 0 Å². The monoisotopic (exact) mass is 196 g/mol. The van der Waals surface area contributed by atoms with Crippen molar-refractivity contribution in [1.29, 1.82) is 0 Å². The van der Waals surface area contributed by atoms with Crippen molar-refractivity contribution in [3.63, 3.8) is 0 Å². The van der Waals surface area contributed by atoms with Gasteiger partial charge < -0.3 is 14.7 Å². The molecule has 0 saturated carbocycles. The number of aromatic nitrogens is 3. The van der Waals surface area contributed by atoms with Gasteiger partial charge in [0.05, 0.1) is 6.33 Å². The van der Waals surface area contributed by atoms with Crippen molar-refractivity contribution < 1.29 is 4.42 Å². The Hall–Kier alpha value is -1.85. The predicted octanol–water partition coefficient (Wildman–Crippen LogP) is 0.530. The molecule has 6 heteroatoms. The molecule has 2 rings (SSSR count). The second-order valence-electron chi connectivity index (χ2n) is 2.37. The Morgan fingerprint density at radius 1 is 1.50 bits per heavy atom. The van der Waals surface area contributed by atoms with Gasteiger partial charge >= 0.3 is 5.63 Å². The number of nitrogens with two attached hydrogens (primary N) is 1. The number of imidazole rings is 1. The van der Waals surface area contributed by atoms with Gasteiger partial charge in [-0.15, -0.1) is 0 Å². The van der Waals surface area contributed by atoms with Crippen LogP contribution in [-0.4, -0.2) is 14.5 Å². The molecule has 2 aromatic rings. The van der Waals surface area contributed by atoms with Gasteiger partial charge in [-0.2, -0.15) is 4.98 Å². The van der Waals surface area contributed by atoms with Crippen LogP contribution in [0.25, 0.3) is 11.2 Å². The minimum absolute atomic E-state index is 0.142. The normalized spacial score (nSPS) is 9.64. The van der Waals surface area contributed by atoms with E-state index in [1.807, 2.05) is 13.8 Å². The average Bonchev–Trinajstić information content (AvgIpc) is 2.52. The van der Waals surface area contributed by atoms with Gasteiger partial charge in [0.15, 0.2) is 11.2 Å². The van der Waals surface area contributed by atoms with Gasteiger partial charge in [-0.1, -0.05) is 13.8 Å². The summed E-state index contributed by atoms with van der Waals surface area (Å²) >= 11 is 0. The van der Waals surface area contributed by atoms with E-state index in [1.165, 1.54) is 6.33 Å². The Labute approximate surface area is 80.4 Å². The van der Waals surface area contributed by atoms with E-state index in [-0.39, 0.29) is 11.5 Å². The van der Waals surface area contributed by atoms with Crippen LogP contribution in [0.1, 0.15) is 13.8 Å². The second kappa shape index (κ2) is 3.91. The van der Waals surface area contributed by atoms with Crippen LogP contribution in [0.3, 0.4) is 0 Å². The van der Waals surface area contributed by atoms with Gasteiger partial charge in [0.1, 0.15) is 0 Å². The van der Waals surface area contributed by atoms with E-state index in [0.29, 0.717) is 5.65 Å². The number of fused-ring (bicyclic) bond motifs is 1. The molecule has 2 N–H and O–H groups in total. The molecule has 0 aliphatic rings. The Bertz CT molecular complexity index is 486. The fourth-order valence-corrected chi connectivity index (χ4v) is 0.970. The number of nitrogens with zero attached hydrogens (tertiary/aromatic N) is 3. The third kappa shape index (κ3) is 1.59. The molecule has 0 aliphatic heterocycles. The Kier molecular flexibility index (Phi) is 2.85. The molecule has 2 aromatic heterocycles. The van der Waals surface area contributed by atoms with Crippen LogP contribution in [0.4, 0.5) is 6.01 Å². The molecule has 0 atom stereocenters. The van der Waals surface area contributed by atoms with Crippen molar-refractivity contribution in [2.75, 3.05) is 5.73 Å². The molecule has 2 heterocycles. The third-order valence-corrected chi connectivity index (χ3v) is 1.51. The zero-order chi connectivity index (χ0) is 10.7. The van der Waals surface area contributed by atoms with E-state index >= 15 is 0 Å². The topological polar surface area (TPSA) is 86.9 Å². The van der Waals surface area contributed by atoms with Crippen LogP contribution in [-0.2, 0) is 7.05 Å². The van der Waals surface area contributed by atoms with Crippen LogP contribution in [0.15, 0.2) is 15.5 Å². The summed E-state index contributed by atoms with van der Waals surface area (Å²) in [6.07, 6.45) is 1.48. The molecule has 0 aromatic carbocycles. The van der Waals surface area contributed by atoms with E-state index < -0.39 is 5.63 Å². The number of aryl methyl sites for hydroxylation is 1. The summed E-state index contributed by atoms with van der Waals surface area (Å²) in [5.74, 6) is 0. The molecule has 0 unspecified atom stereocenters. The minimum atomic E-state index is -0.557. The maximum Gasteiger partial charge on any atom is 0.368 e. The molecule has 76 valence electrons. The van der Waals surface area contributed by atoms with Gasteiger partial charge in [-0.05, 0) is 0 Å². The van der Waals surface area contributed by atoms with Crippen LogP contribution < -0.4 is 11.4 Å². The molecule has 0 fully saturated rings. The summed E-state index contributed by atoms with van der Waals surface area (Å²) in [6, 6.07) is -0.142. The first kappa shape index (κ1) is 10.2. The first-order chi connectivity index (χ1) is 6.68. The van der Waals surface area contributed by atoms with Crippen molar-refractivity contribution in [3.05, 3.63) is 16.7 Å². The zero-order valence-corrected chi connectivity index (χ0v) is 8.31. The van der Waals surface area contributed by atoms with Gasteiger partial charge in [0, 0.05) is 7.05 Å². The number of nitrogen functional groups attached to an aromatic ring is 1. The Morgan fingerprint density at radius 3 is 2.79 bits per heavy atom. The summed E-state index contributed by atoms with van der Waals surface area (Å²) in [7, 11) is 1.72. The lowest BCUT2D eigenvalue weighted by atomic mass is 10.6. The minimum Gasteiger partial charge on any atom is -0.388 e. The second-order valence-corrected chi connectivity index (χ2v) is 2.37. The lowest BCUT2D eigenvalue weighted by Crippen LogP contribution is -2.05. The summed E-state index contributed by atoms with van der Waals surface area (Å²) < 4.78 is 6.14. The van der Waals surface area contributed by atoms with Crippen molar-refractivity contribution >= 4 is 17.2 Å². The average molecular weight is 196 g/mol. The molecule has 0 spiro atoms. The van der Waals surface area contributed by atoms with Crippen LogP contribution in [0, 0.1) is 0 Å². The van der Waals surface area contributed by atoms with Gasteiger partial charge in [0.2, 0.25) is 0 Å². The molecular weight excluding hydrogens is 184 g/mol. The van der Waals surface area contributed by atoms with E-state index in [0.717, 1.165) is 0 Å². The first-order valence-corrected chi connectivity index (χ1v) is 4.26. The first-order valence-electron chi connectivity index (χ1n) is 4.26. The third-order valence-electron chi connectivity index (χ3n) is 1.51. The lowest BCUT2D eigenvalue weighted by Gasteiger charge is -1.92. The molecular formula is C8H12N4O2. The quantitative estimate of drug-likeness (QED) is 0.664. The number of rotatable bonds is 0. The molecule has 0 saturated heterocycles. The summed E-state index contributed by atoms with van der Waals surface area (Å²) in [5.41, 5.74) is 5.31. The smallest absolute Gasteiger partial charge is 0.368 e. The van der Waals surface area contributed by atoms with Crippen LogP contribution in [0.2, 0.25) is 0 Å². The van der Waals surface area contributed by atoms with E-state index in [1.54, 1.807) is 11.6 Å². The van der Waals surface area contributed by atoms with Crippen LogP contribution in [0.5, 0.6) is 0 Å². The maximum absolute atomic E-state index is 11.1. The van der Waals surface area contributed by atoms with Crippen molar-refractivity contribution in [2.24, 2.45) is 7.05 Å². The summed E-state index contributed by atoms with van der Waals surface area (Å²) in [6.45, 7) is 4.00. The van der Waals surface area contributed by atoms with Crippen molar-refractivity contribution in [1.82, 2.24) is 14.5 Å². The van der Waals surface area contributed by atoms with E-state index in [4.69, 9.17) is 5.73 Å². The standard InChI is InChI=1S/C6H6N4O2.C2H6/c1-10-2-8-3-4(10)9-6(7)12-5(3)11;1-2/h2H,1H3,(H2,7,9);1-2H3. The van der Waals surface area contributed by atoms with Gasteiger partial charge in [-0.25, -0.2) is 9.78 Å². The SMILES string of the molecule is CC.Cn1cnc2c(=O)oc(N)nc21. The summed E-state index contributed by atoms with van der Waals surface area (Å²) in [5, 5.41) is 0. The highest BCUT2D eigenvalue weighted by atomic mass is 16.4. The number of hydrogen-bond acceptors (Lipinski definition) is 5. The number of anilines is 1. The van der Waals surface area contributed by atoms with Crippen molar-refractivity contribution in [2.45, 2.75) is 13.8 Å². The summed E-state index contributed by atoms with van der Waals surface area (Å²) in [4.78, 5) is 18.7. The highest BCUT2D eigenvalue weighted by Crippen LogP contribution is 2.04. The fourth-order valence-electron chi connectivity index (χ4n) is 0.970. The molecule has 0 bridgehead atoms. The Balaban J connectivity index is 0.000000461. The zero-order valence-electron chi connectivity index (χ0n) is 8.31. The van der Waals surface area contributed by atoms with Gasteiger partial charge in [-0.3, -0.25) is 0 Å². The number of hydrogen-bond donors (Lipinski definition) is 1. The molecule has 0 radical (unpaired) electrons. The highest BCUT2D eigenvalue weighted by Gasteiger charge is 2.07. The van der Waals surface area contributed by atoms with Crippen LogP contribution >= 0.6 is 0 Å². The molecule has 14 heavy (non-hydrogen) atoms. The molecule has 0 amide bonds. The predicted molar refractivity (Wildman–Crippen MR) is 52.8 cm³/mol. The van der Waals surface area contributed by atoms with Gasteiger partial charge in [0.25, 0.3) is 6.01 Å². The molecule has 6 nitrogen and oxygen atoms in total. The molecule has 0 aliphatic carbocycles. The Morgan fingerprint density at radius 2 is 2.14 bits per heavy atom. The van der Waals surface area contributed by atoms with E-state index in [9.17, 15) is 4.79 Å². The lowest BCUT2D eigenvalue weighted by molar-refractivity contribution is 0.522. The largest absolute Gasteiger partial charge is 0.388 e. The van der Waals surface area contributed by atoms with E-state index in [2.05, 4.69) is 14.4 Å².